The van der Waals surface area contributed by atoms with Gasteiger partial charge in [-0.05, 0) is 49.6 Å². The number of carbonyl (C=O) groups is 1. The second-order valence-corrected chi connectivity index (χ2v) is 6.38. The number of rotatable bonds is 4. The molecule has 0 unspecified atom stereocenters. The van der Waals surface area contributed by atoms with Crippen LogP contribution in [0.2, 0.25) is 0 Å². The highest BCUT2D eigenvalue weighted by Crippen LogP contribution is 2.30. The Morgan fingerprint density at radius 1 is 1.22 bits per heavy atom. The zero-order valence-corrected chi connectivity index (χ0v) is 14.5. The SMILES string of the molecule is Cc1nc(C(F)(F)F)ccc1C(=O)N[C@H](c1ccc(F)cc1)[C@H]1CCCO1. The lowest BCUT2D eigenvalue weighted by Crippen LogP contribution is -2.36. The molecule has 1 aromatic heterocycles. The van der Waals surface area contributed by atoms with Crippen LogP contribution in [-0.2, 0) is 10.9 Å². The van der Waals surface area contributed by atoms with Gasteiger partial charge in [0, 0.05) is 6.61 Å². The number of aromatic nitrogens is 1. The van der Waals surface area contributed by atoms with E-state index in [9.17, 15) is 22.4 Å². The van der Waals surface area contributed by atoms with Gasteiger partial charge < -0.3 is 10.1 Å². The molecule has 1 aliphatic rings. The standard InChI is InChI=1S/C19H18F4N2O2/c1-11-14(8-9-16(24-11)19(21,22)23)18(26)25-17(15-3-2-10-27-15)12-4-6-13(20)7-5-12/h4-9,15,17H,2-3,10H2,1H3,(H,25,26)/t15-,17-/m1/s1. The van der Waals surface area contributed by atoms with Gasteiger partial charge in [0.1, 0.15) is 11.5 Å². The summed E-state index contributed by atoms with van der Waals surface area (Å²) in [7, 11) is 0. The van der Waals surface area contributed by atoms with Gasteiger partial charge in [0.05, 0.1) is 23.4 Å². The molecule has 1 fully saturated rings. The number of nitrogens with one attached hydrogen (secondary N) is 1. The molecule has 0 bridgehead atoms. The van der Waals surface area contributed by atoms with Crippen LogP contribution in [0.25, 0.3) is 0 Å². The molecule has 0 spiro atoms. The van der Waals surface area contributed by atoms with E-state index < -0.39 is 29.6 Å². The second kappa shape index (κ2) is 7.64. The summed E-state index contributed by atoms with van der Waals surface area (Å²) in [5, 5.41) is 2.80. The highest BCUT2D eigenvalue weighted by molar-refractivity contribution is 5.95. The summed E-state index contributed by atoms with van der Waals surface area (Å²) < 4.78 is 57.2. The number of halogens is 4. The maximum Gasteiger partial charge on any atom is 0.433 e. The number of hydrogen-bond donors (Lipinski definition) is 1. The zero-order valence-electron chi connectivity index (χ0n) is 14.5. The summed E-state index contributed by atoms with van der Waals surface area (Å²) >= 11 is 0. The Morgan fingerprint density at radius 3 is 2.48 bits per heavy atom. The van der Waals surface area contributed by atoms with E-state index >= 15 is 0 Å². The molecule has 1 aromatic carbocycles. The normalized spacial score (nSPS) is 18.3. The van der Waals surface area contributed by atoms with E-state index in [1.54, 1.807) is 12.1 Å². The largest absolute Gasteiger partial charge is 0.433 e. The van der Waals surface area contributed by atoms with Crippen molar-refractivity contribution in [3.63, 3.8) is 0 Å². The summed E-state index contributed by atoms with van der Waals surface area (Å²) in [4.78, 5) is 16.2. The Morgan fingerprint density at radius 2 is 1.93 bits per heavy atom. The predicted molar refractivity (Wildman–Crippen MR) is 89.6 cm³/mol. The smallest absolute Gasteiger partial charge is 0.376 e. The van der Waals surface area contributed by atoms with Crippen molar-refractivity contribution in [1.29, 1.82) is 0 Å². The number of pyridine rings is 1. The van der Waals surface area contributed by atoms with Crippen LogP contribution in [0.3, 0.4) is 0 Å². The van der Waals surface area contributed by atoms with Gasteiger partial charge >= 0.3 is 6.18 Å². The van der Waals surface area contributed by atoms with Crippen molar-refractivity contribution in [2.75, 3.05) is 6.61 Å². The van der Waals surface area contributed by atoms with E-state index in [0.29, 0.717) is 18.6 Å². The van der Waals surface area contributed by atoms with Crippen molar-refractivity contribution in [2.24, 2.45) is 0 Å². The van der Waals surface area contributed by atoms with E-state index in [-0.39, 0.29) is 17.4 Å². The molecule has 27 heavy (non-hydrogen) atoms. The number of hydrogen-bond acceptors (Lipinski definition) is 3. The fourth-order valence-corrected chi connectivity index (χ4v) is 3.10. The monoisotopic (exact) mass is 382 g/mol. The molecule has 1 amide bonds. The molecular weight excluding hydrogens is 364 g/mol. The Balaban J connectivity index is 1.85. The first-order valence-electron chi connectivity index (χ1n) is 8.48. The van der Waals surface area contributed by atoms with Crippen LogP contribution in [0.4, 0.5) is 17.6 Å². The first kappa shape index (κ1) is 19.3. The molecule has 0 radical (unpaired) electrons. The fourth-order valence-electron chi connectivity index (χ4n) is 3.10. The van der Waals surface area contributed by atoms with E-state index in [2.05, 4.69) is 10.3 Å². The third kappa shape index (κ3) is 4.44. The molecule has 8 heteroatoms. The van der Waals surface area contributed by atoms with Crippen LogP contribution in [0, 0.1) is 12.7 Å². The zero-order chi connectivity index (χ0) is 19.6. The van der Waals surface area contributed by atoms with Crippen LogP contribution < -0.4 is 5.32 Å². The second-order valence-electron chi connectivity index (χ2n) is 6.38. The molecule has 0 aliphatic carbocycles. The molecule has 1 saturated heterocycles. The van der Waals surface area contributed by atoms with Crippen LogP contribution >= 0.6 is 0 Å². The number of alkyl halides is 3. The minimum atomic E-state index is -4.58. The molecule has 1 aliphatic heterocycles. The summed E-state index contributed by atoms with van der Waals surface area (Å²) in [5.74, 6) is -0.961. The number of amides is 1. The Kier molecular flexibility index (Phi) is 5.46. The average Bonchev–Trinajstić information content (AvgIpc) is 3.14. The molecule has 2 heterocycles. The molecule has 1 N–H and O–H groups in total. The lowest BCUT2D eigenvalue weighted by Gasteiger charge is -2.25. The van der Waals surface area contributed by atoms with Crippen LogP contribution in [-0.4, -0.2) is 23.6 Å². The van der Waals surface area contributed by atoms with E-state index in [1.165, 1.54) is 19.1 Å². The Hall–Kier alpha value is -2.48. The van der Waals surface area contributed by atoms with Gasteiger partial charge in [0.15, 0.2) is 0 Å². The summed E-state index contributed by atoms with van der Waals surface area (Å²) in [6, 6.07) is 7.03. The maximum atomic E-state index is 13.2. The molecule has 2 aromatic rings. The van der Waals surface area contributed by atoms with Crippen LogP contribution in [0.1, 0.15) is 46.2 Å². The van der Waals surface area contributed by atoms with Crippen molar-refractivity contribution >= 4 is 5.91 Å². The Labute approximate surface area is 153 Å². The quantitative estimate of drug-likeness (QED) is 0.807. The topological polar surface area (TPSA) is 51.2 Å². The Bertz CT molecular complexity index is 815. The number of nitrogens with zero attached hydrogens (tertiary/aromatic N) is 1. The predicted octanol–water partition coefficient (Wildman–Crippen LogP) is 4.20. The van der Waals surface area contributed by atoms with Gasteiger partial charge in [-0.1, -0.05) is 12.1 Å². The van der Waals surface area contributed by atoms with E-state index in [4.69, 9.17) is 4.74 Å². The molecule has 144 valence electrons. The summed E-state index contributed by atoms with van der Waals surface area (Å²) in [5.41, 5.74) is -0.361. The van der Waals surface area contributed by atoms with Crippen molar-refractivity contribution in [3.8, 4) is 0 Å². The molecule has 2 atom stereocenters. The summed E-state index contributed by atoms with van der Waals surface area (Å²) in [6.07, 6.45) is -3.32. The molecule has 0 saturated carbocycles. The van der Waals surface area contributed by atoms with Gasteiger partial charge in [-0.15, -0.1) is 0 Å². The third-order valence-corrected chi connectivity index (χ3v) is 4.47. The minimum Gasteiger partial charge on any atom is -0.376 e. The molecule has 4 nitrogen and oxygen atoms in total. The van der Waals surface area contributed by atoms with Gasteiger partial charge in [0.2, 0.25) is 0 Å². The summed E-state index contributed by atoms with van der Waals surface area (Å²) in [6.45, 7) is 1.90. The van der Waals surface area contributed by atoms with Crippen molar-refractivity contribution in [1.82, 2.24) is 10.3 Å². The van der Waals surface area contributed by atoms with Gasteiger partial charge in [-0.25, -0.2) is 9.37 Å². The average molecular weight is 382 g/mol. The van der Waals surface area contributed by atoms with Gasteiger partial charge in [0.25, 0.3) is 5.91 Å². The van der Waals surface area contributed by atoms with Crippen molar-refractivity contribution in [2.45, 2.75) is 38.1 Å². The first-order chi connectivity index (χ1) is 12.8. The van der Waals surface area contributed by atoms with Gasteiger partial charge in [-0.2, -0.15) is 13.2 Å². The lowest BCUT2D eigenvalue weighted by atomic mass is 9.98. The molecular formula is C19H18F4N2O2. The van der Waals surface area contributed by atoms with Crippen LogP contribution in [0.15, 0.2) is 36.4 Å². The fraction of sp³-hybridized carbons (Fsp3) is 0.368. The number of ether oxygens (including phenoxy) is 1. The van der Waals surface area contributed by atoms with Crippen molar-refractivity contribution in [3.05, 3.63) is 64.7 Å². The highest BCUT2D eigenvalue weighted by Gasteiger charge is 2.34. The third-order valence-electron chi connectivity index (χ3n) is 4.47. The lowest BCUT2D eigenvalue weighted by molar-refractivity contribution is -0.141. The molecule has 3 rings (SSSR count). The van der Waals surface area contributed by atoms with E-state index in [1.807, 2.05) is 0 Å². The number of benzene rings is 1. The van der Waals surface area contributed by atoms with E-state index in [0.717, 1.165) is 18.6 Å². The van der Waals surface area contributed by atoms with Gasteiger partial charge in [-0.3, -0.25) is 4.79 Å². The number of aryl methyl sites for hydroxylation is 1. The first-order valence-corrected chi connectivity index (χ1v) is 8.48. The van der Waals surface area contributed by atoms with Crippen molar-refractivity contribution < 1.29 is 27.1 Å². The number of carbonyl (C=O) groups excluding carboxylic acids is 1. The minimum absolute atomic E-state index is 0.0208. The van der Waals surface area contributed by atoms with Crippen LogP contribution in [0.5, 0.6) is 0 Å². The highest BCUT2D eigenvalue weighted by atomic mass is 19.4. The maximum absolute atomic E-state index is 13.2.